The Morgan fingerprint density at radius 1 is 1.29 bits per heavy atom. The smallest absolute Gasteiger partial charge is 0.469 e. The highest BCUT2D eigenvalue weighted by Gasteiger charge is 2.52. The van der Waals surface area contributed by atoms with E-state index in [-0.39, 0.29) is 17.0 Å². The molecule has 3 heterocycles. The molecule has 7 atom stereocenters. The molecule has 1 saturated heterocycles. The summed E-state index contributed by atoms with van der Waals surface area (Å²) in [7, 11) is -5.27. The predicted molar refractivity (Wildman–Crippen MR) is 98.8 cm³/mol. The molecule has 2 aromatic rings. The van der Waals surface area contributed by atoms with Crippen molar-refractivity contribution in [1.29, 1.82) is 0 Å². The second kappa shape index (κ2) is 8.70. The largest absolute Gasteiger partial charge is 0.480 e. The molecule has 0 amide bonds. The number of ether oxygens (including phenoxy) is 1. The summed E-state index contributed by atoms with van der Waals surface area (Å²) in [6.45, 7) is -0.983. The first-order chi connectivity index (χ1) is 14.5. The first kappa shape index (κ1) is 23.4. The number of anilines is 1. The van der Waals surface area contributed by atoms with Gasteiger partial charge in [-0.05, 0) is 0 Å². The zero-order valence-corrected chi connectivity index (χ0v) is 16.5. The van der Waals surface area contributed by atoms with Gasteiger partial charge in [0, 0.05) is 5.92 Å². The maximum absolute atomic E-state index is 11.5. The molecule has 1 aliphatic heterocycles. The summed E-state index contributed by atoms with van der Waals surface area (Å²) in [5, 5.41) is 39.8. The van der Waals surface area contributed by atoms with E-state index in [1.807, 2.05) is 0 Å². The number of nitrogen functional groups attached to an aromatic ring is 1. The SMILES string of the molecule is Nc1ncnc2c1ncn2[C@@H]1O[C@H](C(OP(=O)(O)O)C(CO)[C@H](N)C(=O)O)[C@@H](O)[C@H]1O. The van der Waals surface area contributed by atoms with Crippen molar-refractivity contribution in [2.45, 2.75) is 36.7 Å². The molecule has 1 fully saturated rings. The average molecular weight is 464 g/mol. The molecule has 0 saturated carbocycles. The lowest BCUT2D eigenvalue weighted by Gasteiger charge is -2.33. The minimum absolute atomic E-state index is 0.0313. The summed E-state index contributed by atoms with van der Waals surface area (Å²) in [6, 6.07) is -1.84. The topological polar surface area (TPSA) is 270 Å². The van der Waals surface area contributed by atoms with E-state index < -0.39 is 63.0 Å². The van der Waals surface area contributed by atoms with Crippen molar-refractivity contribution in [3.05, 3.63) is 12.7 Å². The molecule has 31 heavy (non-hydrogen) atoms. The number of carboxylic acid groups (broad SMARTS) is 1. The van der Waals surface area contributed by atoms with Crippen molar-refractivity contribution >= 4 is 30.8 Å². The number of imidazole rings is 1. The number of aliphatic hydroxyl groups is 3. The van der Waals surface area contributed by atoms with Crippen LogP contribution in [0.15, 0.2) is 12.7 Å². The van der Waals surface area contributed by atoms with E-state index in [0.29, 0.717) is 0 Å². The van der Waals surface area contributed by atoms with E-state index in [1.165, 1.54) is 10.9 Å². The summed E-state index contributed by atoms with van der Waals surface area (Å²) in [4.78, 5) is 41.6. The third-order valence-corrected chi connectivity index (χ3v) is 5.42. The Kier molecular flexibility index (Phi) is 6.56. The summed E-state index contributed by atoms with van der Waals surface area (Å²) >= 11 is 0. The number of aromatic nitrogens is 4. The molecule has 2 unspecified atom stereocenters. The zero-order chi connectivity index (χ0) is 23.1. The molecule has 17 heteroatoms. The number of carboxylic acids is 1. The molecule has 0 spiro atoms. The number of rotatable bonds is 8. The quantitative estimate of drug-likeness (QED) is 0.176. The molecule has 0 bridgehead atoms. The highest BCUT2D eigenvalue weighted by molar-refractivity contribution is 7.46. The van der Waals surface area contributed by atoms with Gasteiger partial charge >= 0.3 is 13.8 Å². The maximum atomic E-state index is 11.5. The van der Waals surface area contributed by atoms with Gasteiger partial charge in [0.2, 0.25) is 0 Å². The molecule has 2 aromatic heterocycles. The van der Waals surface area contributed by atoms with Crippen LogP contribution in [0.3, 0.4) is 0 Å². The van der Waals surface area contributed by atoms with Gasteiger partial charge in [0.25, 0.3) is 0 Å². The van der Waals surface area contributed by atoms with E-state index in [2.05, 4.69) is 19.5 Å². The Morgan fingerprint density at radius 3 is 2.55 bits per heavy atom. The Hall–Kier alpha value is -2.27. The fraction of sp³-hybridized carbons (Fsp3) is 0.571. The lowest BCUT2D eigenvalue weighted by molar-refractivity contribution is -0.146. The molecule has 3 rings (SSSR count). The summed E-state index contributed by atoms with van der Waals surface area (Å²) in [5.41, 5.74) is 11.5. The second-order valence-electron chi connectivity index (χ2n) is 6.83. The number of aliphatic carboxylic acids is 1. The number of nitrogens with zero attached hydrogens (tertiary/aromatic N) is 4. The van der Waals surface area contributed by atoms with Gasteiger partial charge in [-0.25, -0.2) is 19.5 Å². The molecule has 16 nitrogen and oxygen atoms in total. The van der Waals surface area contributed by atoms with Crippen LogP contribution in [-0.4, -0.2) is 92.8 Å². The van der Waals surface area contributed by atoms with Crippen molar-refractivity contribution in [3.8, 4) is 0 Å². The second-order valence-corrected chi connectivity index (χ2v) is 8.02. The third kappa shape index (κ3) is 4.52. The zero-order valence-electron chi connectivity index (χ0n) is 15.6. The lowest BCUT2D eigenvalue weighted by Crippen LogP contribution is -2.53. The van der Waals surface area contributed by atoms with Gasteiger partial charge in [-0.1, -0.05) is 0 Å². The number of aliphatic hydroxyl groups excluding tert-OH is 3. The first-order valence-corrected chi connectivity index (χ1v) is 10.3. The van der Waals surface area contributed by atoms with Crippen LogP contribution in [0, 0.1) is 5.92 Å². The fourth-order valence-electron chi connectivity index (χ4n) is 3.39. The number of carbonyl (C=O) groups is 1. The van der Waals surface area contributed by atoms with Gasteiger partial charge in [0.1, 0.15) is 42.3 Å². The van der Waals surface area contributed by atoms with Crippen molar-refractivity contribution in [3.63, 3.8) is 0 Å². The molecular weight excluding hydrogens is 443 g/mol. The third-order valence-electron chi connectivity index (χ3n) is 4.90. The van der Waals surface area contributed by atoms with Crippen molar-refractivity contribution in [2.24, 2.45) is 11.7 Å². The van der Waals surface area contributed by atoms with Crippen LogP contribution in [0.4, 0.5) is 5.82 Å². The van der Waals surface area contributed by atoms with Gasteiger partial charge < -0.3 is 46.4 Å². The molecule has 0 aliphatic carbocycles. The number of phosphoric ester groups is 1. The molecule has 1 aliphatic rings. The van der Waals surface area contributed by atoms with Crippen LogP contribution in [-0.2, 0) is 18.6 Å². The lowest BCUT2D eigenvalue weighted by atomic mass is 9.89. The minimum Gasteiger partial charge on any atom is -0.480 e. The van der Waals surface area contributed by atoms with Crippen LogP contribution >= 0.6 is 7.82 Å². The molecule has 172 valence electrons. The highest BCUT2D eigenvalue weighted by Crippen LogP contribution is 2.44. The van der Waals surface area contributed by atoms with E-state index in [4.69, 9.17) is 21.3 Å². The van der Waals surface area contributed by atoms with Gasteiger partial charge in [-0.2, -0.15) is 0 Å². The van der Waals surface area contributed by atoms with Crippen LogP contribution < -0.4 is 11.5 Å². The van der Waals surface area contributed by atoms with Gasteiger partial charge in [0.05, 0.1) is 12.9 Å². The van der Waals surface area contributed by atoms with Gasteiger partial charge in [-0.3, -0.25) is 13.9 Å². The van der Waals surface area contributed by atoms with Crippen molar-refractivity contribution in [1.82, 2.24) is 19.5 Å². The van der Waals surface area contributed by atoms with Crippen molar-refractivity contribution < 1.29 is 48.8 Å². The summed E-state index contributed by atoms with van der Waals surface area (Å²) in [5.74, 6) is -3.19. The molecule has 10 N–H and O–H groups in total. The van der Waals surface area contributed by atoms with Crippen LogP contribution in [0.5, 0.6) is 0 Å². The van der Waals surface area contributed by atoms with Gasteiger partial charge in [0.15, 0.2) is 17.7 Å². The Labute approximate surface area is 173 Å². The highest BCUT2D eigenvalue weighted by atomic mass is 31.2. The Bertz CT molecular complexity index is 999. The predicted octanol–water partition coefficient (Wildman–Crippen LogP) is -3.47. The normalized spacial score (nSPS) is 27.3. The summed E-state index contributed by atoms with van der Waals surface area (Å²) in [6.07, 6.45) is -6.21. The number of fused-ring (bicyclic) bond motifs is 1. The average Bonchev–Trinajstić information content (AvgIpc) is 3.23. The molecule has 0 aromatic carbocycles. The number of hydrogen-bond donors (Lipinski definition) is 8. The van der Waals surface area contributed by atoms with Crippen LogP contribution in [0.25, 0.3) is 11.2 Å². The van der Waals surface area contributed by atoms with E-state index in [0.717, 1.165) is 6.33 Å². The Morgan fingerprint density at radius 2 is 1.97 bits per heavy atom. The first-order valence-electron chi connectivity index (χ1n) is 8.74. The monoisotopic (exact) mass is 464 g/mol. The van der Waals surface area contributed by atoms with E-state index in [1.54, 1.807) is 0 Å². The number of hydrogen-bond acceptors (Lipinski definition) is 12. The van der Waals surface area contributed by atoms with Crippen LogP contribution in [0.2, 0.25) is 0 Å². The molecule has 0 radical (unpaired) electrons. The van der Waals surface area contributed by atoms with Crippen molar-refractivity contribution in [2.75, 3.05) is 12.3 Å². The molecular formula is C14H21N6O10P. The Balaban J connectivity index is 1.99. The number of phosphoric acid groups is 1. The minimum atomic E-state index is -5.27. The van der Waals surface area contributed by atoms with Gasteiger partial charge in [-0.15, -0.1) is 0 Å². The van der Waals surface area contributed by atoms with E-state index >= 15 is 0 Å². The number of nitrogens with two attached hydrogens (primary N) is 2. The standard InChI is InChI=1S/C14H21N6O10P/c15-5(14(24)25)4(1-21)9(30-31(26,27)28)10-7(22)8(23)13(29-10)20-3-19-6-11(16)17-2-18-12(6)20/h2-5,7-10,13,21-23H,1,15H2,(H,24,25)(H2,16,17,18)(H2,26,27,28)/t4?,5-,7-,8+,9?,10-,13+/m0/s1. The van der Waals surface area contributed by atoms with Crippen LogP contribution in [0.1, 0.15) is 6.23 Å². The summed E-state index contributed by atoms with van der Waals surface area (Å²) < 4.78 is 22.9. The fourth-order valence-corrected chi connectivity index (χ4v) is 3.98. The maximum Gasteiger partial charge on any atom is 0.469 e. The van der Waals surface area contributed by atoms with E-state index in [9.17, 15) is 34.5 Å².